The predicted molar refractivity (Wildman–Crippen MR) is 57.4 cm³/mol. The molecule has 1 aromatic heterocycles. The molecule has 2 N–H and O–H groups in total. The van der Waals surface area contributed by atoms with E-state index in [2.05, 4.69) is 9.98 Å². The Hall–Kier alpha value is -0.740. The fraction of sp³-hybridized carbons (Fsp3) is 0.444. The lowest BCUT2D eigenvalue weighted by atomic mass is 10.4. The summed E-state index contributed by atoms with van der Waals surface area (Å²) in [5, 5.41) is 8.50. The van der Waals surface area contributed by atoms with Gasteiger partial charge >= 0.3 is 0 Å². The molecular formula is C9H14N2OS. The summed E-state index contributed by atoms with van der Waals surface area (Å²) < 4.78 is 0. The molecule has 0 aromatic carbocycles. The highest BCUT2D eigenvalue weighted by molar-refractivity contribution is 7.99. The molecule has 0 aliphatic rings. The van der Waals surface area contributed by atoms with Crippen LogP contribution in [0, 0.1) is 0 Å². The number of aromatic nitrogens is 1. The Morgan fingerprint density at radius 2 is 2.54 bits per heavy atom. The first-order chi connectivity index (χ1) is 6.43. The van der Waals surface area contributed by atoms with Crippen molar-refractivity contribution in [2.45, 2.75) is 6.54 Å². The van der Waals surface area contributed by atoms with Gasteiger partial charge in [0, 0.05) is 29.6 Å². The lowest BCUT2D eigenvalue weighted by Gasteiger charge is -1.92. The van der Waals surface area contributed by atoms with Gasteiger partial charge in [0.05, 0.1) is 13.2 Å². The third-order valence-corrected chi connectivity index (χ3v) is 2.34. The second-order valence-corrected chi connectivity index (χ2v) is 3.67. The van der Waals surface area contributed by atoms with E-state index in [1.54, 1.807) is 11.8 Å². The highest BCUT2D eigenvalue weighted by Crippen LogP contribution is 1.98. The molecular weight excluding hydrogens is 184 g/mol. The number of aromatic amines is 1. The maximum absolute atomic E-state index is 8.50. The number of thioether (sulfide) groups is 1. The molecule has 0 bridgehead atoms. The maximum Gasteiger partial charge on any atom is 0.0785 e. The van der Waals surface area contributed by atoms with Gasteiger partial charge in [-0.15, -0.1) is 0 Å². The summed E-state index contributed by atoms with van der Waals surface area (Å²) in [7, 11) is 0. The molecule has 13 heavy (non-hydrogen) atoms. The maximum atomic E-state index is 8.50. The van der Waals surface area contributed by atoms with Crippen molar-refractivity contribution in [2.24, 2.45) is 4.99 Å². The second-order valence-electron chi connectivity index (χ2n) is 2.52. The van der Waals surface area contributed by atoms with Crippen molar-refractivity contribution in [1.29, 1.82) is 0 Å². The van der Waals surface area contributed by atoms with E-state index in [-0.39, 0.29) is 6.61 Å². The number of H-pyrrole nitrogens is 1. The normalized spacial score (nSPS) is 11.2. The number of aliphatic imine (C=N–C) groups is 1. The fourth-order valence-electron chi connectivity index (χ4n) is 0.882. The van der Waals surface area contributed by atoms with Gasteiger partial charge in [0.1, 0.15) is 0 Å². The molecule has 0 radical (unpaired) electrons. The lowest BCUT2D eigenvalue weighted by molar-refractivity contribution is 0.322. The van der Waals surface area contributed by atoms with E-state index in [1.165, 1.54) is 0 Å². The van der Waals surface area contributed by atoms with Crippen molar-refractivity contribution in [1.82, 2.24) is 4.98 Å². The Balaban J connectivity index is 2.05. The van der Waals surface area contributed by atoms with Crippen molar-refractivity contribution >= 4 is 18.0 Å². The number of hydrogen-bond donors (Lipinski definition) is 2. The van der Waals surface area contributed by atoms with E-state index in [4.69, 9.17) is 5.11 Å². The van der Waals surface area contributed by atoms with Crippen LogP contribution in [0.4, 0.5) is 0 Å². The van der Waals surface area contributed by atoms with Gasteiger partial charge in [-0.05, 0) is 12.1 Å². The molecule has 0 spiro atoms. The van der Waals surface area contributed by atoms with Gasteiger partial charge in [0.15, 0.2) is 0 Å². The number of nitrogens with one attached hydrogen (secondary N) is 1. The van der Waals surface area contributed by atoms with Crippen LogP contribution in [0.2, 0.25) is 0 Å². The average Bonchev–Trinajstić information content (AvgIpc) is 2.63. The number of nitrogens with zero attached hydrogens (tertiary/aromatic N) is 1. The minimum Gasteiger partial charge on any atom is -0.396 e. The molecule has 3 nitrogen and oxygen atoms in total. The fourth-order valence-corrected chi connectivity index (χ4v) is 1.39. The predicted octanol–water partition coefficient (Wildman–Crippen LogP) is 1.31. The summed E-state index contributed by atoms with van der Waals surface area (Å²) in [6.45, 7) is 0.960. The molecule has 0 aliphatic heterocycles. The molecule has 0 atom stereocenters. The SMILES string of the molecule is OCCSCC=NCc1ccc[nH]1. The number of hydrogen-bond acceptors (Lipinski definition) is 3. The van der Waals surface area contributed by atoms with Crippen LogP contribution >= 0.6 is 11.8 Å². The number of aliphatic hydroxyl groups excluding tert-OH is 1. The lowest BCUT2D eigenvalue weighted by Crippen LogP contribution is -1.89. The topological polar surface area (TPSA) is 48.4 Å². The zero-order chi connectivity index (χ0) is 9.36. The second kappa shape index (κ2) is 6.74. The van der Waals surface area contributed by atoms with Gasteiger partial charge in [-0.1, -0.05) is 0 Å². The van der Waals surface area contributed by atoms with Gasteiger partial charge in [-0.3, -0.25) is 4.99 Å². The van der Waals surface area contributed by atoms with Crippen molar-refractivity contribution in [2.75, 3.05) is 18.1 Å². The van der Waals surface area contributed by atoms with Crippen LogP contribution in [0.1, 0.15) is 5.69 Å². The van der Waals surface area contributed by atoms with Crippen molar-refractivity contribution in [3.8, 4) is 0 Å². The Labute approximate surface area is 82.3 Å². The van der Waals surface area contributed by atoms with E-state index in [0.29, 0.717) is 6.54 Å². The van der Waals surface area contributed by atoms with Crippen LogP contribution in [-0.2, 0) is 6.54 Å². The van der Waals surface area contributed by atoms with Crippen LogP contribution in [0.25, 0.3) is 0 Å². The van der Waals surface area contributed by atoms with Gasteiger partial charge in [-0.2, -0.15) is 11.8 Å². The van der Waals surface area contributed by atoms with E-state index in [1.807, 2.05) is 24.5 Å². The summed E-state index contributed by atoms with van der Waals surface area (Å²) in [6.07, 6.45) is 3.78. The van der Waals surface area contributed by atoms with Crippen LogP contribution in [0.3, 0.4) is 0 Å². The van der Waals surface area contributed by atoms with Gasteiger partial charge in [0.2, 0.25) is 0 Å². The summed E-state index contributed by atoms with van der Waals surface area (Å²) in [5.74, 6) is 1.66. The van der Waals surface area contributed by atoms with Gasteiger partial charge in [-0.25, -0.2) is 0 Å². The highest BCUT2D eigenvalue weighted by atomic mass is 32.2. The smallest absolute Gasteiger partial charge is 0.0785 e. The van der Waals surface area contributed by atoms with Crippen LogP contribution in [0.5, 0.6) is 0 Å². The van der Waals surface area contributed by atoms with E-state index in [0.717, 1.165) is 17.2 Å². The minimum atomic E-state index is 0.245. The van der Waals surface area contributed by atoms with Crippen LogP contribution < -0.4 is 0 Å². The molecule has 1 aromatic rings. The van der Waals surface area contributed by atoms with E-state index >= 15 is 0 Å². The van der Waals surface area contributed by atoms with Gasteiger partial charge < -0.3 is 10.1 Å². The van der Waals surface area contributed by atoms with E-state index < -0.39 is 0 Å². The molecule has 0 saturated carbocycles. The van der Waals surface area contributed by atoms with E-state index in [9.17, 15) is 0 Å². The Kier molecular flexibility index (Phi) is 5.36. The molecule has 0 unspecified atom stereocenters. The van der Waals surface area contributed by atoms with Gasteiger partial charge in [0.25, 0.3) is 0 Å². The third kappa shape index (κ3) is 4.75. The van der Waals surface area contributed by atoms with Crippen molar-refractivity contribution in [3.05, 3.63) is 24.0 Å². The number of aliphatic hydroxyl groups is 1. The summed E-state index contributed by atoms with van der Waals surface area (Å²) in [5.41, 5.74) is 1.13. The van der Waals surface area contributed by atoms with Crippen LogP contribution in [0.15, 0.2) is 23.3 Å². The molecule has 0 fully saturated rings. The zero-order valence-electron chi connectivity index (χ0n) is 7.44. The standard InChI is InChI=1S/C9H14N2OS/c12-5-7-13-6-4-10-8-9-2-1-3-11-9/h1-4,11-12H,5-8H2. The first kappa shape index (κ1) is 10.3. The summed E-state index contributed by atoms with van der Waals surface area (Å²) in [4.78, 5) is 7.31. The molecule has 4 heteroatoms. The Bertz CT molecular complexity index is 234. The quantitative estimate of drug-likeness (QED) is 0.535. The molecule has 1 rings (SSSR count). The summed E-state index contributed by atoms with van der Waals surface area (Å²) >= 11 is 1.68. The summed E-state index contributed by atoms with van der Waals surface area (Å²) in [6, 6.07) is 3.98. The first-order valence-corrected chi connectivity index (χ1v) is 5.38. The molecule has 0 saturated heterocycles. The third-order valence-electron chi connectivity index (χ3n) is 1.48. The monoisotopic (exact) mass is 198 g/mol. The van der Waals surface area contributed by atoms with Crippen LogP contribution in [-0.4, -0.2) is 34.4 Å². The van der Waals surface area contributed by atoms with Crippen molar-refractivity contribution in [3.63, 3.8) is 0 Å². The Morgan fingerprint density at radius 1 is 1.62 bits per heavy atom. The molecule has 0 aliphatic carbocycles. The molecule has 1 heterocycles. The molecule has 72 valence electrons. The minimum absolute atomic E-state index is 0.245. The van der Waals surface area contributed by atoms with Crippen molar-refractivity contribution < 1.29 is 5.11 Å². The largest absolute Gasteiger partial charge is 0.396 e. The average molecular weight is 198 g/mol. The number of rotatable bonds is 6. The highest BCUT2D eigenvalue weighted by Gasteiger charge is 1.87. The first-order valence-electron chi connectivity index (χ1n) is 4.22. The zero-order valence-corrected chi connectivity index (χ0v) is 8.26. The molecule has 0 amide bonds. The Morgan fingerprint density at radius 3 is 3.23 bits per heavy atom.